The minimum Gasteiger partial charge on any atom is -0.458 e. The fourth-order valence-corrected chi connectivity index (χ4v) is 1.71. The highest BCUT2D eigenvalue weighted by Crippen LogP contribution is 2.22. The summed E-state index contributed by atoms with van der Waals surface area (Å²) >= 11 is 0. The number of nitrogens with one attached hydrogen (secondary N) is 2. The van der Waals surface area contributed by atoms with E-state index in [-0.39, 0.29) is 0 Å². The molecule has 86 valence electrons. The van der Waals surface area contributed by atoms with Crippen LogP contribution in [0.25, 0.3) is 22.7 Å². The third kappa shape index (κ3) is 1.65. The molecule has 0 fully saturated rings. The highest BCUT2D eigenvalue weighted by atomic mass is 16.3. The van der Waals surface area contributed by atoms with Crippen molar-refractivity contribution in [3.8, 4) is 11.6 Å². The van der Waals surface area contributed by atoms with Gasteiger partial charge in [-0.2, -0.15) is 0 Å². The number of nitrogens with zero attached hydrogens (tertiary/aromatic N) is 2. The summed E-state index contributed by atoms with van der Waals surface area (Å²) in [6.07, 6.45) is 0. The van der Waals surface area contributed by atoms with Crippen molar-refractivity contribution in [1.29, 1.82) is 0 Å². The summed E-state index contributed by atoms with van der Waals surface area (Å²) in [5, 5.41) is 2.98. The van der Waals surface area contributed by atoms with Gasteiger partial charge in [0.15, 0.2) is 17.2 Å². The largest absolute Gasteiger partial charge is 0.458 e. The smallest absolute Gasteiger partial charge is 0.180 e. The number of pyridine rings is 1. The maximum Gasteiger partial charge on any atom is 0.180 e. The first-order chi connectivity index (χ1) is 8.26. The number of furan rings is 1. The molecule has 0 radical (unpaired) electrons. The van der Waals surface area contributed by atoms with E-state index in [1.807, 2.05) is 38.2 Å². The van der Waals surface area contributed by atoms with Crippen molar-refractivity contribution < 1.29 is 4.42 Å². The van der Waals surface area contributed by atoms with E-state index >= 15 is 0 Å². The SMILES string of the molecule is CNc1ccc2[nH]c(-c3ccc(C)o3)nc2n1. The number of aromatic nitrogens is 3. The molecule has 3 rings (SSSR count). The summed E-state index contributed by atoms with van der Waals surface area (Å²) in [5.41, 5.74) is 1.58. The second-order valence-electron chi connectivity index (χ2n) is 3.81. The molecule has 0 unspecified atom stereocenters. The third-order valence-corrected chi connectivity index (χ3v) is 2.58. The second-order valence-corrected chi connectivity index (χ2v) is 3.81. The van der Waals surface area contributed by atoms with Crippen molar-refractivity contribution in [3.05, 3.63) is 30.0 Å². The summed E-state index contributed by atoms with van der Waals surface area (Å²) in [4.78, 5) is 11.9. The number of anilines is 1. The van der Waals surface area contributed by atoms with Gasteiger partial charge in [-0.3, -0.25) is 0 Å². The molecule has 3 heterocycles. The van der Waals surface area contributed by atoms with Crippen molar-refractivity contribution in [2.75, 3.05) is 12.4 Å². The van der Waals surface area contributed by atoms with Gasteiger partial charge < -0.3 is 14.7 Å². The van der Waals surface area contributed by atoms with E-state index in [2.05, 4.69) is 20.3 Å². The maximum atomic E-state index is 5.52. The predicted molar refractivity (Wildman–Crippen MR) is 65.9 cm³/mol. The quantitative estimate of drug-likeness (QED) is 0.707. The van der Waals surface area contributed by atoms with Gasteiger partial charge in [-0.25, -0.2) is 9.97 Å². The topological polar surface area (TPSA) is 66.7 Å². The number of aromatic amines is 1. The first kappa shape index (κ1) is 9.89. The summed E-state index contributed by atoms with van der Waals surface area (Å²) in [6.45, 7) is 1.91. The summed E-state index contributed by atoms with van der Waals surface area (Å²) in [5.74, 6) is 3.09. The molecule has 17 heavy (non-hydrogen) atoms. The zero-order chi connectivity index (χ0) is 11.8. The van der Waals surface area contributed by atoms with Crippen LogP contribution in [0.15, 0.2) is 28.7 Å². The Bertz CT molecular complexity index is 668. The first-order valence-corrected chi connectivity index (χ1v) is 5.37. The molecule has 0 aromatic carbocycles. The second kappa shape index (κ2) is 3.62. The van der Waals surface area contributed by atoms with E-state index < -0.39 is 0 Å². The molecule has 0 aliphatic carbocycles. The lowest BCUT2D eigenvalue weighted by Crippen LogP contribution is -1.91. The Hall–Kier alpha value is -2.30. The van der Waals surface area contributed by atoms with Gasteiger partial charge in [-0.15, -0.1) is 0 Å². The maximum absolute atomic E-state index is 5.52. The van der Waals surface area contributed by atoms with Gasteiger partial charge in [0.25, 0.3) is 0 Å². The van der Waals surface area contributed by atoms with Gasteiger partial charge in [0, 0.05) is 7.05 Å². The van der Waals surface area contributed by atoms with Crippen LogP contribution in [-0.4, -0.2) is 22.0 Å². The molecule has 0 atom stereocenters. The number of aryl methyl sites for hydroxylation is 1. The van der Waals surface area contributed by atoms with Crippen LogP contribution in [0.3, 0.4) is 0 Å². The lowest BCUT2D eigenvalue weighted by atomic mass is 10.4. The van der Waals surface area contributed by atoms with E-state index in [4.69, 9.17) is 4.42 Å². The molecule has 0 saturated carbocycles. The Labute approximate surface area is 97.9 Å². The van der Waals surface area contributed by atoms with E-state index in [1.165, 1.54) is 0 Å². The lowest BCUT2D eigenvalue weighted by Gasteiger charge is -1.95. The van der Waals surface area contributed by atoms with Gasteiger partial charge in [0.1, 0.15) is 11.6 Å². The molecule has 0 amide bonds. The molecule has 0 saturated heterocycles. The van der Waals surface area contributed by atoms with Crippen LogP contribution in [0.2, 0.25) is 0 Å². The zero-order valence-corrected chi connectivity index (χ0v) is 9.61. The van der Waals surface area contributed by atoms with Crippen molar-refractivity contribution >= 4 is 17.0 Å². The van der Waals surface area contributed by atoms with Gasteiger partial charge >= 0.3 is 0 Å². The average molecular weight is 228 g/mol. The van der Waals surface area contributed by atoms with Crippen LogP contribution in [0.4, 0.5) is 5.82 Å². The van der Waals surface area contributed by atoms with Crippen molar-refractivity contribution in [2.24, 2.45) is 0 Å². The van der Waals surface area contributed by atoms with Crippen LogP contribution in [0, 0.1) is 6.92 Å². The monoisotopic (exact) mass is 228 g/mol. The van der Waals surface area contributed by atoms with E-state index in [0.717, 1.165) is 22.9 Å². The highest BCUT2D eigenvalue weighted by molar-refractivity contribution is 5.76. The van der Waals surface area contributed by atoms with Gasteiger partial charge in [-0.05, 0) is 31.2 Å². The molecular weight excluding hydrogens is 216 g/mol. The van der Waals surface area contributed by atoms with Crippen LogP contribution in [0.5, 0.6) is 0 Å². The lowest BCUT2D eigenvalue weighted by molar-refractivity contribution is 0.545. The van der Waals surface area contributed by atoms with Gasteiger partial charge in [0.2, 0.25) is 0 Å². The third-order valence-electron chi connectivity index (χ3n) is 2.58. The Morgan fingerprint density at radius 3 is 2.76 bits per heavy atom. The number of H-pyrrole nitrogens is 1. The first-order valence-electron chi connectivity index (χ1n) is 5.37. The van der Waals surface area contributed by atoms with Crippen LogP contribution < -0.4 is 5.32 Å². The molecular formula is C12H12N4O. The number of imidazole rings is 1. The van der Waals surface area contributed by atoms with E-state index in [9.17, 15) is 0 Å². The zero-order valence-electron chi connectivity index (χ0n) is 9.61. The molecule has 0 spiro atoms. The minimum atomic E-state index is 0.681. The molecule has 5 heteroatoms. The Morgan fingerprint density at radius 1 is 1.18 bits per heavy atom. The normalized spacial score (nSPS) is 10.9. The van der Waals surface area contributed by atoms with E-state index in [1.54, 1.807) is 0 Å². The minimum absolute atomic E-state index is 0.681. The summed E-state index contributed by atoms with van der Waals surface area (Å²) in [6, 6.07) is 7.65. The van der Waals surface area contributed by atoms with Crippen molar-refractivity contribution in [1.82, 2.24) is 15.0 Å². The molecule has 0 aliphatic rings. The Balaban J connectivity index is 2.13. The highest BCUT2D eigenvalue weighted by Gasteiger charge is 2.09. The van der Waals surface area contributed by atoms with E-state index in [0.29, 0.717) is 11.5 Å². The fraction of sp³-hybridized carbons (Fsp3) is 0.167. The Morgan fingerprint density at radius 2 is 2.06 bits per heavy atom. The standard InChI is InChI=1S/C12H12N4O/c1-7-3-5-9(17-7)12-14-8-4-6-10(13-2)15-11(8)16-12/h3-6H,1-2H3,(H2,13,14,15,16). The number of rotatable bonds is 2. The van der Waals surface area contributed by atoms with Crippen LogP contribution in [0.1, 0.15) is 5.76 Å². The molecule has 3 aromatic rings. The summed E-state index contributed by atoms with van der Waals surface area (Å²) < 4.78 is 5.52. The fourth-order valence-electron chi connectivity index (χ4n) is 1.71. The van der Waals surface area contributed by atoms with Crippen molar-refractivity contribution in [3.63, 3.8) is 0 Å². The van der Waals surface area contributed by atoms with Crippen LogP contribution >= 0.6 is 0 Å². The van der Waals surface area contributed by atoms with Gasteiger partial charge in [-0.1, -0.05) is 0 Å². The summed E-state index contributed by atoms with van der Waals surface area (Å²) in [7, 11) is 1.83. The van der Waals surface area contributed by atoms with Crippen LogP contribution in [-0.2, 0) is 0 Å². The predicted octanol–water partition coefficient (Wildman–Crippen LogP) is 2.57. The molecule has 5 nitrogen and oxygen atoms in total. The molecule has 0 bridgehead atoms. The number of fused-ring (bicyclic) bond motifs is 1. The Kier molecular flexibility index (Phi) is 2.11. The van der Waals surface area contributed by atoms with Gasteiger partial charge in [0.05, 0.1) is 5.52 Å². The molecule has 2 N–H and O–H groups in total. The van der Waals surface area contributed by atoms with Crippen molar-refractivity contribution in [2.45, 2.75) is 6.92 Å². The molecule has 0 aliphatic heterocycles. The number of hydrogen-bond donors (Lipinski definition) is 2. The molecule has 3 aromatic heterocycles. The average Bonchev–Trinajstić information content (AvgIpc) is 2.93. The number of hydrogen-bond acceptors (Lipinski definition) is 4.